The lowest BCUT2D eigenvalue weighted by Crippen LogP contribution is -2.10. The van der Waals surface area contributed by atoms with E-state index < -0.39 is 0 Å². The van der Waals surface area contributed by atoms with Crippen LogP contribution < -0.4 is 5.32 Å². The average molecular weight is 204 g/mol. The van der Waals surface area contributed by atoms with E-state index in [4.69, 9.17) is 0 Å². The first-order valence-electron chi connectivity index (χ1n) is 5.32. The molecule has 0 aromatic carbocycles. The summed E-state index contributed by atoms with van der Waals surface area (Å²) in [4.78, 5) is 4.49. The van der Waals surface area contributed by atoms with E-state index in [1.54, 1.807) is 0 Å². The molecule has 0 saturated carbocycles. The SMILES string of the molecule is CCc1ccc2nc(CCNC)cn2n1. The third-order valence-corrected chi connectivity index (χ3v) is 2.42. The molecule has 0 saturated heterocycles. The zero-order chi connectivity index (χ0) is 10.7. The predicted octanol–water partition coefficient (Wildman–Crippen LogP) is 1.05. The number of rotatable bonds is 4. The molecule has 0 spiro atoms. The summed E-state index contributed by atoms with van der Waals surface area (Å²) in [5.41, 5.74) is 3.11. The van der Waals surface area contributed by atoms with E-state index in [1.165, 1.54) is 0 Å². The molecule has 4 heteroatoms. The highest BCUT2D eigenvalue weighted by Crippen LogP contribution is 2.05. The minimum atomic E-state index is 0.929. The molecule has 4 nitrogen and oxygen atoms in total. The second-order valence-corrected chi connectivity index (χ2v) is 3.57. The molecule has 1 N–H and O–H groups in total. The number of fused-ring (bicyclic) bond motifs is 1. The highest BCUT2D eigenvalue weighted by Gasteiger charge is 2.02. The Hall–Kier alpha value is -1.42. The van der Waals surface area contributed by atoms with Gasteiger partial charge in [0.1, 0.15) is 0 Å². The normalized spacial score (nSPS) is 11.1. The van der Waals surface area contributed by atoms with Gasteiger partial charge in [-0.3, -0.25) is 0 Å². The van der Waals surface area contributed by atoms with Gasteiger partial charge in [-0.05, 0) is 25.6 Å². The second-order valence-electron chi connectivity index (χ2n) is 3.57. The van der Waals surface area contributed by atoms with Crippen LogP contribution in [0.2, 0.25) is 0 Å². The van der Waals surface area contributed by atoms with Crippen molar-refractivity contribution in [1.29, 1.82) is 0 Å². The molecular weight excluding hydrogens is 188 g/mol. The molecule has 80 valence electrons. The van der Waals surface area contributed by atoms with Crippen LogP contribution in [0, 0.1) is 0 Å². The van der Waals surface area contributed by atoms with Crippen molar-refractivity contribution in [2.24, 2.45) is 0 Å². The van der Waals surface area contributed by atoms with Crippen LogP contribution in [-0.4, -0.2) is 28.2 Å². The van der Waals surface area contributed by atoms with Crippen molar-refractivity contribution in [3.63, 3.8) is 0 Å². The van der Waals surface area contributed by atoms with E-state index in [2.05, 4.69) is 22.3 Å². The Labute approximate surface area is 89.3 Å². The molecule has 0 aliphatic rings. The van der Waals surface area contributed by atoms with Crippen molar-refractivity contribution in [3.05, 3.63) is 29.7 Å². The zero-order valence-corrected chi connectivity index (χ0v) is 9.20. The smallest absolute Gasteiger partial charge is 0.153 e. The molecule has 2 aromatic rings. The van der Waals surface area contributed by atoms with Crippen LogP contribution in [0.1, 0.15) is 18.3 Å². The van der Waals surface area contributed by atoms with E-state index in [1.807, 2.05) is 29.9 Å². The topological polar surface area (TPSA) is 42.2 Å². The lowest BCUT2D eigenvalue weighted by molar-refractivity contribution is 0.778. The van der Waals surface area contributed by atoms with Crippen molar-refractivity contribution in [1.82, 2.24) is 19.9 Å². The second kappa shape index (κ2) is 4.40. The van der Waals surface area contributed by atoms with E-state index in [-0.39, 0.29) is 0 Å². The molecule has 15 heavy (non-hydrogen) atoms. The van der Waals surface area contributed by atoms with Gasteiger partial charge >= 0.3 is 0 Å². The molecule has 2 heterocycles. The molecular formula is C11H16N4. The summed E-state index contributed by atoms with van der Waals surface area (Å²) in [7, 11) is 1.95. The predicted molar refractivity (Wildman–Crippen MR) is 60.0 cm³/mol. The minimum Gasteiger partial charge on any atom is -0.319 e. The van der Waals surface area contributed by atoms with Crippen LogP contribution in [0.4, 0.5) is 0 Å². The summed E-state index contributed by atoms with van der Waals surface area (Å²) in [6.07, 6.45) is 3.91. The summed E-state index contributed by atoms with van der Waals surface area (Å²) in [5, 5.41) is 7.57. The Morgan fingerprint density at radius 1 is 1.33 bits per heavy atom. The lowest BCUT2D eigenvalue weighted by Gasteiger charge is -1.95. The third kappa shape index (κ3) is 2.15. The largest absolute Gasteiger partial charge is 0.319 e. The van der Waals surface area contributed by atoms with Gasteiger partial charge in [0, 0.05) is 13.0 Å². The van der Waals surface area contributed by atoms with E-state index in [0.29, 0.717) is 0 Å². The van der Waals surface area contributed by atoms with Crippen LogP contribution in [0.15, 0.2) is 18.3 Å². The molecule has 0 atom stereocenters. The van der Waals surface area contributed by atoms with Gasteiger partial charge in [-0.2, -0.15) is 5.10 Å². The summed E-state index contributed by atoms with van der Waals surface area (Å²) in [5.74, 6) is 0. The Bertz CT molecular complexity index is 447. The maximum Gasteiger partial charge on any atom is 0.153 e. The monoisotopic (exact) mass is 204 g/mol. The van der Waals surface area contributed by atoms with Crippen molar-refractivity contribution in [2.75, 3.05) is 13.6 Å². The molecule has 0 aliphatic heterocycles. The van der Waals surface area contributed by atoms with Gasteiger partial charge in [-0.15, -0.1) is 0 Å². The maximum atomic E-state index is 4.49. The van der Waals surface area contributed by atoms with Crippen molar-refractivity contribution < 1.29 is 0 Å². The van der Waals surface area contributed by atoms with E-state index >= 15 is 0 Å². The maximum absolute atomic E-state index is 4.49. The summed E-state index contributed by atoms with van der Waals surface area (Å²) >= 11 is 0. The van der Waals surface area contributed by atoms with Crippen molar-refractivity contribution in [2.45, 2.75) is 19.8 Å². The van der Waals surface area contributed by atoms with E-state index in [9.17, 15) is 0 Å². The molecule has 2 rings (SSSR count). The zero-order valence-electron chi connectivity index (χ0n) is 9.20. The third-order valence-electron chi connectivity index (χ3n) is 2.42. The number of hydrogen-bond acceptors (Lipinski definition) is 3. The molecule has 0 amide bonds. The Morgan fingerprint density at radius 2 is 2.20 bits per heavy atom. The standard InChI is InChI=1S/C11H16N4/c1-3-9-4-5-11-13-10(6-7-12-2)8-15(11)14-9/h4-5,8,12H,3,6-7H2,1-2H3. The lowest BCUT2D eigenvalue weighted by atomic mass is 10.3. The number of likely N-dealkylation sites (N-methyl/N-ethyl adjacent to an activating group) is 1. The van der Waals surface area contributed by atoms with Gasteiger partial charge in [0.05, 0.1) is 17.6 Å². The first-order valence-corrected chi connectivity index (χ1v) is 5.32. The van der Waals surface area contributed by atoms with Gasteiger partial charge in [0.2, 0.25) is 0 Å². The van der Waals surface area contributed by atoms with Gasteiger partial charge in [-0.25, -0.2) is 9.50 Å². The number of aromatic nitrogens is 3. The Kier molecular flexibility index (Phi) is 2.97. The van der Waals surface area contributed by atoms with Crippen LogP contribution in [0.3, 0.4) is 0 Å². The number of nitrogens with zero attached hydrogens (tertiary/aromatic N) is 3. The average Bonchev–Trinajstić information content (AvgIpc) is 2.67. The number of aryl methyl sites for hydroxylation is 1. The Balaban J connectivity index is 2.29. The molecule has 0 radical (unpaired) electrons. The first kappa shape index (κ1) is 10.1. The highest BCUT2D eigenvalue weighted by atomic mass is 15.2. The van der Waals surface area contributed by atoms with Gasteiger partial charge in [-0.1, -0.05) is 6.92 Å². The number of hydrogen-bond donors (Lipinski definition) is 1. The van der Waals surface area contributed by atoms with Crippen LogP contribution in [0.25, 0.3) is 5.65 Å². The molecule has 2 aromatic heterocycles. The van der Waals surface area contributed by atoms with Crippen LogP contribution >= 0.6 is 0 Å². The highest BCUT2D eigenvalue weighted by molar-refractivity contribution is 5.38. The number of imidazole rings is 1. The first-order chi connectivity index (χ1) is 7.33. The molecule has 0 aliphatic carbocycles. The van der Waals surface area contributed by atoms with Crippen molar-refractivity contribution in [3.8, 4) is 0 Å². The quantitative estimate of drug-likeness (QED) is 0.809. The van der Waals surface area contributed by atoms with Crippen LogP contribution in [-0.2, 0) is 12.8 Å². The molecule has 0 fully saturated rings. The fourth-order valence-corrected chi connectivity index (χ4v) is 1.53. The summed E-state index contributed by atoms with van der Waals surface area (Å²) in [6, 6.07) is 4.05. The summed E-state index contributed by atoms with van der Waals surface area (Å²) in [6.45, 7) is 3.05. The van der Waals surface area contributed by atoms with Gasteiger partial charge in [0.25, 0.3) is 0 Å². The van der Waals surface area contributed by atoms with Crippen LogP contribution in [0.5, 0.6) is 0 Å². The van der Waals surface area contributed by atoms with Crippen molar-refractivity contribution >= 4 is 5.65 Å². The minimum absolute atomic E-state index is 0.929. The Morgan fingerprint density at radius 3 is 2.93 bits per heavy atom. The number of nitrogens with one attached hydrogen (secondary N) is 1. The molecule has 0 unspecified atom stereocenters. The molecule has 0 bridgehead atoms. The van der Waals surface area contributed by atoms with E-state index in [0.717, 1.165) is 36.4 Å². The fourth-order valence-electron chi connectivity index (χ4n) is 1.53. The van der Waals surface area contributed by atoms with Gasteiger partial charge in [0.15, 0.2) is 5.65 Å². The summed E-state index contributed by atoms with van der Waals surface area (Å²) < 4.78 is 1.86. The fraction of sp³-hybridized carbons (Fsp3) is 0.455. The van der Waals surface area contributed by atoms with Gasteiger partial charge < -0.3 is 5.32 Å².